The molecule has 1 aliphatic heterocycles. The maximum atomic E-state index is 12.6. The van der Waals surface area contributed by atoms with Crippen LogP contribution in [0.4, 0.5) is 5.69 Å². The van der Waals surface area contributed by atoms with Gasteiger partial charge in [-0.2, -0.15) is 0 Å². The molecule has 9 nitrogen and oxygen atoms in total. The highest BCUT2D eigenvalue weighted by Gasteiger charge is 2.67. The fourth-order valence-corrected chi connectivity index (χ4v) is 4.77. The van der Waals surface area contributed by atoms with E-state index in [0.717, 1.165) is 0 Å². The largest absolute Gasteiger partial charge is 0.481 e. The first-order chi connectivity index (χ1) is 12.9. The molecule has 0 radical (unpaired) electrons. The SMILES string of the molecule is CC(C)[C@]1(C(=O)O)[C@H](C)N[C@H](C=O)[C@](C)(C(=O)O)[C@@H]1c1cccc([N+](=O)[O-])c1. The lowest BCUT2D eigenvalue weighted by Crippen LogP contribution is -2.71. The summed E-state index contributed by atoms with van der Waals surface area (Å²) in [6.07, 6.45) is 0.459. The highest BCUT2D eigenvalue weighted by molar-refractivity contribution is 5.87. The molecule has 1 saturated heterocycles. The van der Waals surface area contributed by atoms with E-state index in [1.54, 1.807) is 20.8 Å². The first-order valence-corrected chi connectivity index (χ1v) is 8.88. The van der Waals surface area contributed by atoms with Crippen LogP contribution in [0.2, 0.25) is 0 Å². The molecule has 9 heteroatoms. The Morgan fingerprint density at radius 2 is 1.89 bits per heavy atom. The van der Waals surface area contributed by atoms with Crippen molar-refractivity contribution in [2.24, 2.45) is 16.7 Å². The van der Waals surface area contributed by atoms with Crippen molar-refractivity contribution in [2.45, 2.75) is 45.7 Å². The average Bonchev–Trinajstić information content (AvgIpc) is 2.61. The van der Waals surface area contributed by atoms with E-state index >= 15 is 0 Å². The monoisotopic (exact) mass is 392 g/mol. The third-order valence-electron chi connectivity index (χ3n) is 6.21. The van der Waals surface area contributed by atoms with E-state index < -0.39 is 51.6 Å². The zero-order valence-corrected chi connectivity index (χ0v) is 16.1. The number of aliphatic carboxylic acids is 2. The molecule has 1 heterocycles. The molecule has 0 bridgehead atoms. The van der Waals surface area contributed by atoms with Crippen LogP contribution in [-0.4, -0.2) is 45.4 Å². The van der Waals surface area contributed by atoms with Crippen LogP contribution in [0.1, 0.15) is 39.2 Å². The van der Waals surface area contributed by atoms with Crippen molar-refractivity contribution in [1.82, 2.24) is 5.32 Å². The Labute approximate surface area is 161 Å². The summed E-state index contributed by atoms with van der Waals surface area (Å²) in [6.45, 7) is 6.24. The molecule has 28 heavy (non-hydrogen) atoms. The van der Waals surface area contributed by atoms with E-state index in [0.29, 0.717) is 6.29 Å². The van der Waals surface area contributed by atoms with E-state index in [2.05, 4.69) is 5.32 Å². The van der Waals surface area contributed by atoms with Gasteiger partial charge in [0.1, 0.15) is 6.29 Å². The number of nitrogens with one attached hydrogen (secondary N) is 1. The second kappa shape index (κ2) is 7.31. The molecule has 0 unspecified atom stereocenters. The number of rotatable bonds is 6. The molecule has 1 aromatic carbocycles. The van der Waals surface area contributed by atoms with Gasteiger partial charge in [-0.3, -0.25) is 19.7 Å². The minimum absolute atomic E-state index is 0.204. The molecule has 1 aromatic rings. The molecule has 5 atom stereocenters. The normalized spacial score (nSPS) is 32.7. The van der Waals surface area contributed by atoms with Crippen molar-refractivity contribution in [3.8, 4) is 0 Å². The fraction of sp³-hybridized carbons (Fsp3) is 0.526. The van der Waals surface area contributed by atoms with Crippen LogP contribution < -0.4 is 5.32 Å². The van der Waals surface area contributed by atoms with E-state index in [-0.39, 0.29) is 11.3 Å². The van der Waals surface area contributed by atoms with Gasteiger partial charge in [-0.05, 0) is 25.3 Å². The Morgan fingerprint density at radius 3 is 2.32 bits per heavy atom. The molecule has 152 valence electrons. The van der Waals surface area contributed by atoms with Crippen LogP contribution in [0.5, 0.6) is 0 Å². The summed E-state index contributed by atoms with van der Waals surface area (Å²) in [7, 11) is 0. The number of nitrogens with zero attached hydrogens (tertiary/aromatic N) is 1. The topological polar surface area (TPSA) is 147 Å². The number of carbonyl (C=O) groups is 3. The minimum atomic E-state index is -1.84. The van der Waals surface area contributed by atoms with E-state index in [4.69, 9.17) is 0 Å². The van der Waals surface area contributed by atoms with Gasteiger partial charge in [0, 0.05) is 24.1 Å². The lowest BCUT2D eigenvalue weighted by molar-refractivity contribution is -0.385. The van der Waals surface area contributed by atoms with Crippen LogP contribution >= 0.6 is 0 Å². The smallest absolute Gasteiger partial charge is 0.312 e. The molecule has 0 amide bonds. The number of hydrogen-bond acceptors (Lipinski definition) is 6. The summed E-state index contributed by atoms with van der Waals surface area (Å²) >= 11 is 0. The molecule has 1 aliphatic rings. The zero-order valence-electron chi connectivity index (χ0n) is 16.1. The Kier molecular flexibility index (Phi) is 5.61. The fourth-order valence-electron chi connectivity index (χ4n) is 4.77. The van der Waals surface area contributed by atoms with E-state index in [9.17, 15) is 34.7 Å². The standard InChI is InChI=1S/C19H24N2O7/c1-10(2)19(17(25)26)11(3)20-14(9-22)18(4,16(23)24)15(19)12-6-5-7-13(8-12)21(27)28/h5-11,14-15,20H,1-4H3,(H,23,24)(H,25,26)/t11-,14+,15-,18-,19-/m0/s1. The van der Waals surface area contributed by atoms with Gasteiger partial charge in [0.25, 0.3) is 5.69 Å². The van der Waals surface area contributed by atoms with Gasteiger partial charge in [0.05, 0.1) is 21.8 Å². The van der Waals surface area contributed by atoms with Gasteiger partial charge < -0.3 is 20.3 Å². The quantitative estimate of drug-likeness (QED) is 0.379. The number of carboxylic acid groups (broad SMARTS) is 2. The number of carboxylic acids is 2. The number of nitro groups is 1. The second-order valence-corrected chi connectivity index (χ2v) is 7.77. The predicted molar refractivity (Wildman–Crippen MR) is 98.9 cm³/mol. The van der Waals surface area contributed by atoms with Gasteiger partial charge in [-0.25, -0.2) is 0 Å². The summed E-state index contributed by atoms with van der Waals surface area (Å²) in [5.74, 6) is -4.31. The number of piperidine rings is 1. The van der Waals surface area contributed by atoms with Crippen molar-refractivity contribution >= 4 is 23.9 Å². The molecule has 0 aromatic heterocycles. The summed E-state index contributed by atoms with van der Waals surface area (Å²) < 4.78 is 0. The number of hydrogen-bond donors (Lipinski definition) is 3. The van der Waals surface area contributed by atoms with Crippen molar-refractivity contribution in [1.29, 1.82) is 0 Å². The Morgan fingerprint density at radius 1 is 1.29 bits per heavy atom. The Balaban J connectivity index is 2.94. The lowest BCUT2D eigenvalue weighted by Gasteiger charge is -2.57. The van der Waals surface area contributed by atoms with Crippen molar-refractivity contribution in [3.05, 3.63) is 39.9 Å². The minimum Gasteiger partial charge on any atom is -0.481 e. The van der Waals surface area contributed by atoms with Gasteiger partial charge in [0.15, 0.2) is 0 Å². The molecular weight excluding hydrogens is 368 g/mol. The molecule has 0 aliphatic carbocycles. The predicted octanol–water partition coefficient (Wildman–Crippen LogP) is 2.06. The molecule has 2 rings (SSSR count). The first kappa shape index (κ1) is 21.5. The average molecular weight is 392 g/mol. The molecule has 1 fully saturated rings. The molecule has 3 N–H and O–H groups in total. The third-order valence-corrected chi connectivity index (χ3v) is 6.21. The highest BCUT2D eigenvalue weighted by atomic mass is 16.6. The summed E-state index contributed by atoms with van der Waals surface area (Å²) in [5, 5.41) is 34.4. The van der Waals surface area contributed by atoms with E-state index in [1.165, 1.54) is 31.2 Å². The van der Waals surface area contributed by atoms with Crippen molar-refractivity contribution in [3.63, 3.8) is 0 Å². The van der Waals surface area contributed by atoms with Crippen molar-refractivity contribution < 1.29 is 29.5 Å². The van der Waals surface area contributed by atoms with E-state index in [1.807, 2.05) is 0 Å². The molecule has 0 spiro atoms. The Hall–Kier alpha value is -2.81. The van der Waals surface area contributed by atoms with Crippen LogP contribution in [0.25, 0.3) is 0 Å². The highest BCUT2D eigenvalue weighted by Crippen LogP contribution is 2.58. The van der Waals surface area contributed by atoms with Gasteiger partial charge >= 0.3 is 11.9 Å². The van der Waals surface area contributed by atoms with Crippen molar-refractivity contribution in [2.75, 3.05) is 0 Å². The Bertz CT molecular complexity index is 824. The second-order valence-electron chi connectivity index (χ2n) is 7.77. The maximum Gasteiger partial charge on any atom is 0.312 e. The molecule has 0 saturated carbocycles. The van der Waals surface area contributed by atoms with Crippen LogP contribution in [-0.2, 0) is 14.4 Å². The molecular formula is C19H24N2O7. The van der Waals surface area contributed by atoms with Crippen LogP contribution in [0, 0.1) is 26.9 Å². The number of non-ortho nitro benzene ring substituents is 1. The summed E-state index contributed by atoms with van der Waals surface area (Å²) in [6, 6.07) is 3.39. The number of nitro benzene ring substituents is 1. The van der Waals surface area contributed by atoms with Gasteiger partial charge in [-0.15, -0.1) is 0 Å². The van der Waals surface area contributed by atoms with Crippen LogP contribution in [0.15, 0.2) is 24.3 Å². The first-order valence-electron chi connectivity index (χ1n) is 8.88. The van der Waals surface area contributed by atoms with Crippen LogP contribution in [0.3, 0.4) is 0 Å². The third kappa shape index (κ3) is 2.86. The van der Waals surface area contributed by atoms with Gasteiger partial charge in [0.2, 0.25) is 0 Å². The number of benzene rings is 1. The van der Waals surface area contributed by atoms with Gasteiger partial charge in [-0.1, -0.05) is 26.0 Å². The maximum absolute atomic E-state index is 12.6. The zero-order chi connectivity index (χ0) is 21.4. The number of carbonyl (C=O) groups excluding carboxylic acids is 1. The summed E-state index contributed by atoms with van der Waals surface area (Å²) in [5.41, 5.74) is -3.54. The summed E-state index contributed by atoms with van der Waals surface area (Å²) in [4.78, 5) is 47.3. The number of aldehydes is 1. The lowest BCUT2D eigenvalue weighted by atomic mass is 9.49.